The molecule has 0 aliphatic heterocycles. The molecule has 0 saturated heterocycles. The number of nitrogen functional groups attached to an aromatic ring is 2. The Morgan fingerprint density at radius 2 is 1.30 bits per heavy atom. The van der Waals surface area contributed by atoms with Crippen LogP contribution in [0.5, 0.6) is 0 Å². The van der Waals surface area contributed by atoms with Crippen molar-refractivity contribution in [2.45, 2.75) is 64.5 Å². The normalized spacial score (nSPS) is 12.7. The summed E-state index contributed by atoms with van der Waals surface area (Å²) < 4.78 is 26.6. The standard InChI is InChI=1S/2C17H19N7O3/c1-3-4-6-11(16(25)26-2)23-15-10(9-19-23)14-20-13(12-7-5-8-27-12)22-24(14)17(18)21-15;1-3-4-6-11(16(25)26-2)23-9-10-13(21-23)20-17(18)24-15(10)19-14(22-24)12-7-5-8-27-12/h5,7-9,11H,3-4,6H2,1-2H3,(H2,18,21);5,7-9,11H,3-4,6H2,1-2H3,(H2,18,20,21). The smallest absolute Gasteiger partial charge is 0.330 e. The monoisotopic (exact) mass is 738 g/mol. The molecule has 0 bridgehead atoms. The lowest BCUT2D eigenvalue weighted by Gasteiger charge is -2.15. The van der Waals surface area contributed by atoms with Crippen molar-refractivity contribution in [2.24, 2.45) is 0 Å². The van der Waals surface area contributed by atoms with Gasteiger partial charge >= 0.3 is 11.9 Å². The minimum absolute atomic E-state index is 0.142. The predicted molar refractivity (Wildman–Crippen MR) is 194 cm³/mol. The molecule has 0 amide bonds. The number of furan rings is 2. The van der Waals surface area contributed by atoms with E-state index >= 15 is 0 Å². The summed E-state index contributed by atoms with van der Waals surface area (Å²) in [4.78, 5) is 42.2. The number of methoxy groups -OCH3 is 2. The molecule has 8 aromatic heterocycles. The fourth-order valence-electron chi connectivity index (χ4n) is 6.02. The van der Waals surface area contributed by atoms with Gasteiger partial charge in [0.2, 0.25) is 23.5 Å². The second kappa shape index (κ2) is 15.0. The Morgan fingerprint density at radius 3 is 1.85 bits per heavy atom. The van der Waals surface area contributed by atoms with Crippen LogP contribution in [-0.4, -0.2) is 84.9 Å². The van der Waals surface area contributed by atoms with E-state index in [9.17, 15) is 9.59 Å². The average Bonchev–Trinajstić information content (AvgIpc) is 4.01. The van der Waals surface area contributed by atoms with Gasteiger partial charge in [0.05, 0.1) is 43.7 Å². The molecule has 0 spiro atoms. The van der Waals surface area contributed by atoms with Crippen LogP contribution in [0.2, 0.25) is 0 Å². The van der Waals surface area contributed by atoms with E-state index in [0.29, 0.717) is 69.4 Å². The number of fused-ring (bicyclic) bond motifs is 6. The summed E-state index contributed by atoms with van der Waals surface area (Å²) in [5, 5.41) is 18.8. The van der Waals surface area contributed by atoms with Gasteiger partial charge in [-0.3, -0.25) is 4.68 Å². The molecule has 20 nitrogen and oxygen atoms in total. The number of nitrogens with two attached hydrogens (primary N) is 2. The van der Waals surface area contributed by atoms with Crippen LogP contribution in [0.3, 0.4) is 0 Å². The zero-order chi connectivity index (χ0) is 37.9. The Bertz CT molecular complexity index is 2470. The number of carbonyl (C=O) groups is 2. The highest BCUT2D eigenvalue weighted by Crippen LogP contribution is 2.28. The molecule has 0 aliphatic rings. The Kier molecular flexibility index (Phi) is 9.88. The van der Waals surface area contributed by atoms with Crippen molar-refractivity contribution in [3.63, 3.8) is 0 Å². The van der Waals surface area contributed by atoms with Crippen LogP contribution in [0, 0.1) is 0 Å². The van der Waals surface area contributed by atoms with Crippen LogP contribution >= 0.6 is 0 Å². The average molecular weight is 739 g/mol. The molecule has 2 unspecified atom stereocenters. The van der Waals surface area contributed by atoms with Crippen LogP contribution in [0.1, 0.15) is 64.5 Å². The maximum atomic E-state index is 12.3. The van der Waals surface area contributed by atoms with Gasteiger partial charge in [-0.05, 0) is 37.1 Å². The Balaban J connectivity index is 0.000000167. The molecule has 0 aromatic carbocycles. The van der Waals surface area contributed by atoms with Crippen molar-refractivity contribution >= 4 is 57.2 Å². The van der Waals surface area contributed by atoms with E-state index in [2.05, 4.69) is 54.2 Å². The van der Waals surface area contributed by atoms with Crippen molar-refractivity contribution < 1.29 is 27.9 Å². The molecule has 2 atom stereocenters. The van der Waals surface area contributed by atoms with Crippen LogP contribution in [0.25, 0.3) is 56.5 Å². The highest BCUT2D eigenvalue weighted by Gasteiger charge is 2.27. The molecule has 4 N–H and O–H groups in total. The number of ether oxygens (including phenoxy) is 2. The summed E-state index contributed by atoms with van der Waals surface area (Å²) in [5.74, 6) is 1.40. The topological polar surface area (TPSA) is 253 Å². The van der Waals surface area contributed by atoms with E-state index < -0.39 is 12.1 Å². The first kappa shape index (κ1) is 35.5. The molecule has 0 radical (unpaired) electrons. The van der Waals surface area contributed by atoms with Crippen LogP contribution in [0.15, 0.2) is 58.0 Å². The van der Waals surface area contributed by atoms with Gasteiger partial charge in [-0.25, -0.2) is 24.2 Å². The maximum Gasteiger partial charge on any atom is 0.330 e. The van der Waals surface area contributed by atoms with E-state index in [1.165, 1.54) is 23.3 Å². The van der Waals surface area contributed by atoms with Gasteiger partial charge in [-0.15, -0.1) is 10.2 Å². The van der Waals surface area contributed by atoms with Crippen LogP contribution in [-0.2, 0) is 19.1 Å². The second-order valence-corrected chi connectivity index (χ2v) is 12.3. The van der Waals surface area contributed by atoms with E-state index in [1.807, 2.05) is 0 Å². The summed E-state index contributed by atoms with van der Waals surface area (Å²) in [5.41, 5.74) is 14.0. The number of carbonyl (C=O) groups excluding carboxylic acids is 2. The zero-order valence-electron chi connectivity index (χ0n) is 30.0. The molecule has 8 rings (SSSR count). The van der Waals surface area contributed by atoms with E-state index in [0.717, 1.165) is 25.7 Å². The summed E-state index contributed by atoms with van der Waals surface area (Å²) in [7, 11) is 2.73. The molecule has 8 heterocycles. The number of esters is 2. The maximum absolute atomic E-state index is 12.3. The van der Waals surface area contributed by atoms with Crippen molar-refractivity contribution in [1.82, 2.24) is 58.7 Å². The molecule has 0 saturated carbocycles. The molecule has 0 fully saturated rings. The van der Waals surface area contributed by atoms with Gasteiger partial charge in [-0.1, -0.05) is 39.5 Å². The number of hydrogen-bond donors (Lipinski definition) is 2. The zero-order valence-corrected chi connectivity index (χ0v) is 30.0. The number of rotatable bonds is 12. The van der Waals surface area contributed by atoms with Crippen molar-refractivity contribution in [2.75, 3.05) is 25.7 Å². The molecule has 54 heavy (non-hydrogen) atoms. The lowest BCUT2D eigenvalue weighted by molar-refractivity contribution is -0.146. The van der Waals surface area contributed by atoms with Crippen LogP contribution in [0.4, 0.5) is 11.9 Å². The van der Waals surface area contributed by atoms with Gasteiger partial charge < -0.3 is 29.8 Å². The first-order chi connectivity index (χ1) is 26.3. The molecule has 20 heteroatoms. The van der Waals surface area contributed by atoms with Gasteiger partial charge in [0.15, 0.2) is 40.2 Å². The number of aromatic nitrogens is 12. The van der Waals surface area contributed by atoms with Crippen molar-refractivity contribution in [3.8, 4) is 23.2 Å². The quantitative estimate of drug-likeness (QED) is 0.164. The molecular formula is C34H38N14O6. The fraction of sp³-hybridized carbons (Fsp3) is 0.353. The summed E-state index contributed by atoms with van der Waals surface area (Å²) >= 11 is 0. The molecule has 0 aliphatic carbocycles. The Labute approximate surface area is 306 Å². The lowest BCUT2D eigenvalue weighted by atomic mass is 10.1. The SMILES string of the molecule is CCCCC(C(=O)OC)n1cc2c(nc(N)n3nc(-c4ccco4)nc23)n1.CCCCC(C(=O)OC)n1ncc2c1nc(N)n1nc(-c3ccco3)nc21. The van der Waals surface area contributed by atoms with E-state index in [4.69, 9.17) is 29.8 Å². The third kappa shape index (κ3) is 6.52. The van der Waals surface area contributed by atoms with Gasteiger partial charge in [-0.2, -0.15) is 29.2 Å². The van der Waals surface area contributed by atoms with Crippen molar-refractivity contribution in [3.05, 3.63) is 49.2 Å². The fourth-order valence-corrected chi connectivity index (χ4v) is 6.02. The molecule has 280 valence electrons. The van der Waals surface area contributed by atoms with Crippen LogP contribution < -0.4 is 11.5 Å². The van der Waals surface area contributed by atoms with Gasteiger partial charge in [0.25, 0.3) is 0 Å². The predicted octanol–water partition coefficient (Wildman–Crippen LogP) is 4.44. The van der Waals surface area contributed by atoms with Gasteiger partial charge in [0, 0.05) is 6.20 Å². The first-order valence-corrected chi connectivity index (χ1v) is 17.3. The Morgan fingerprint density at radius 1 is 0.741 bits per heavy atom. The Hall–Kier alpha value is -6.86. The highest BCUT2D eigenvalue weighted by atomic mass is 16.5. The van der Waals surface area contributed by atoms with Crippen molar-refractivity contribution in [1.29, 1.82) is 0 Å². The number of unbranched alkanes of at least 4 members (excludes halogenated alkanes) is 2. The second-order valence-electron chi connectivity index (χ2n) is 12.3. The van der Waals surface area contributed by atoms with Gasteiger partial charge in [0.1, 0.15) is 6.04 Å². The molecular weight excluding hydrogens is 700 g/mol. The third-order valence-corrected chi connectivity index (χ3v) is 8.76. The lowest BCUT2D eigenvalue weighted by Crippen LogP contribution is -2.22. The number of anilines is 2. The first-order valence-electron chi connectivity index (χ1n) is 17.3. The van der Waals surface area contributed by atoms with E-state index in [-0.39, 0.29) is 23.8 Å². The minimum Gasteiger partial charge on any atom is -0.467 e. The summed E-state index contributed by atoms with van der Waals surface area (Å²) in [6, 6.07) is 5.93. The number of hydrogen-bond acceptors (Lipinski definition) is 16. The third-order valence-electron chi connectivity index (χ3n) is 8.76. The van der Waals surface area contributed by atoms with E-state index in [1.54, 1.807) is 58.5 Å². The molecule has 8 aromatic rings. The summed E-state index contributed by atoms with van der Waals surface area (Å²) in [6.07, 6.45) is 11.3. The largest absolute Gasteiger partial charge is 0.467 e. The number of nitrogens with zero attached hydrogens (tertiary/aromatic N) is 12. The summed E-state index contributed by atoms with van der Waals surface area (Å²) in [6.45, 7) is 4.12. The highest BCUT2D eigenvalue weighted by molar-refractivity contribution is 5.92. The minimum atomic E-state index is -0.575.